The first-order valence-electron chi connectivity index (χ1n) is 6.92. The number of hydrogen-bond donors (Lipinski definition) is 1. The van der Waals surface area contributed by atoms with E-state index in [-0.39, 0.29) is 6.04 Å². The zero-order valence-corrected chi connectivity index (χ0v) is 12.2. The van der Waals surface area contributed by atoms with E-state index < -0.39 is 0 Å². The molecule has 1 aliphatic heterocycles. The molecule has 3 rings (SSSR count). The molecule has 0 amide bonds. The molecule has 1 unspecified atom stereocenters. The van der Waals surface area contributed by atoms with Crippen LogP contribution in [0.3, 0.4) is 0 Å². The molecule has 0 fully saturated rings. The molecule has 1 N–H and O–H groups in total. The Labute approximate surface area is 123 Å². The lowest BCUT2D eigenvalue weighted by Gasteiger charge is -2.15. The Morgan fingerprint density at radius 2 is 2.25 bits per heavy atom. The van der Waals surface area contributed by atoms with Crippen molar-refractivity contribution in [3.63, 3.8) is 0 Å². The van der Waals surface area contributed by atoms with Crippen molar-refractivity contribution in [2.75, 3.05) is 13.7 Å². The van der Waals surface area contributed by atoms with E-state index in [1.54, 1.807) is 6.26 Å². The molecule has 0 bridgehead atoms. The molecule has 2 aromatic rings. The Morgan fingerprint density at radius 3 is 3.00 bits per heavy atom. The average Bonchev–Trinajstić information content (AvgIpc) is 3.08. The zero-order chi connectivity index (χ0) is 13.9. The van der Waals surface area contributed by atoms with Crippen molar-refractivity contribution in [1.29, 1.82) is 0 Å². The van der Waals surface area contributed by atoms with Crippen molar-refractivity contribution in [1.82, 2.24) is 5.32 Å². The van der Waals surface area contributed by atoms with Crippen LogP contribution in [0.2, 0.25) is 5.22 Å². The van der Waals surface area contributed by atoms with Crippen LogP contribution in [0.15, 0.2) is 34.9 Å². The molecule has 3 nitrogen and oxygen atoms in total. The fourth-order valence-electron chi connectivity index (χ4n) is 2.72. The van der Waals surface area contributed by atoms with E-state index in [4.69, 9.17) is 20.8 Å². The topological polar surface area (TPSA) is 34.4 Å². The monoisotopic (exact) mass is 291 g/mol. The van der Waals surface area contributed by atoms with Crippen molar-refractivity contribution in [2.45, 2.75) is 25.3 Å². The highest BCUT2D eigenvalue weighted by Gasteiger charge is 2.16. The molecule has 2 heterocycles. The van der Waals surface area contributed by atoms with Gasteiger partial charge in [-0.1, -0.05) is 12.1 Å². The molecule has 0 saturated carbocycles. The van der Waals surface area contributed by atoms with Crippen LogP contribution in [-0.2, 0) is 12.8 Å². The van der Waals surface area contributed by atoms with Gasteiger partial charge in [0.1, 0.15) is 5.75 Å². The summed E-state index contributed by atoms with van der Waals surface area (Å²) in [6.07, 6.45) is 4.64. The van der Waals surface area contributed by atoms with Gasteiger partial charge in [-0.25, -0.2) is 0 Å². The fraction of sp³-hybridized carbons (Fsp3) is 0.375. The Balaban J connectivity index is 1.68. The minimum atomic E-state index is 0.214. The number of benzene rings is 1. The summed E-state index contributed by atoms with van der Waals surface area (Å²) in [5.41, 5.74) is 3.69. The normalized spacial score (nSPS) is 14.9. The number of halogens is 1. The van der Waals surface area contributed by atoms with Gasteiger partial charge < -0.3 is 14.5 Å². The molecular formula is C16H18ClNO2. The standard InChI is InChI=1S/C16H18ClNO2/c1-18-14(13-7-9-20-16(13)17)4-2-11-3-5-15-12(10-11)6-8-19-15/h3,5,7,9-10,14,18H,2,4,6,8H2,1H3. The highest BCUT2D eigenvalue weighted by Crippen LogP contribution is 2.29. The largest absolute Gasteiger partial charge is 0.493 e. The molecular weight excluding hydrogens is 274 g/mol. The third kappa shape index (κ3) is 2.69. The van der Waals surface area contributed by atoms with E-state index in [0.29, 0.717) is 5.22 Å². The van der Waals surface area contributed by atoms with Gasteiger partial charge in [0, 0.05) is 18.0 Å². The number of rotatable bonds is 5. The number of ether oxygens (including phenoxy) is 1. The summed E-state index contributed by atoms with van der Waals surface area (Å²) in [7, 11) is 1.95. The molecule has 1 aromatic heterocycles. The van der Waals surface area contributed by atoms with Crippen LogP contribution >= 0.6 is 11.6 Å². The number of fused-ring (bicyclic) bond motifs is 1. The first-order chi connectivity index (χ1) is 9.78. The van der Waals surface area contributed by atoms with Crippen molar-refractivity contribution >= 4 is 11.6 Å². The second-order valence-corrected chi connectivity index (χ2v) is 5.41. The Kier molecular flexibility index (Phi) is 3.99. The van der Waals surface area contributed by atoms with Gasteiger partial charge in [-0.05, 0) is 54.7 Å². The van der Waals surface area contributed by atoms with Crippen LogP contribution in [-0.4, -0.2) is 13.7 Å². The molecule has 1 aromatic carbocycles. The highest BCUT2D eigenvalue weighted by atomic mass is 35.5. The molecule has 1 aliphatic rings. The van der Waals surface area contributed by atoms with Crippen LogP contribution in [0.4, 0.5) is 0 Å². The van der Waals surface area contributed by atoms with Crippen LogP contribution in [0, 0.1) is 0 Å². The minimum absolute atomic E-state index is 0.214. The third-order valence-corrected chi connectivity index (χ3v) is 4.15. The second kappa shape index (κ2) is 5.90. The van der Waals surface area contributed by atoms with E-state index in [0.717, 1.165) is 37.2 Å². The molecule has 0 radical (unpaired) electrons. The van der Waals surface area contributed by atoms with Gasteiger partial charge in [0.2, 0.25) is 0 Å². The van der Waals surface area contributed by atoms with Gasteiger partial charge in [0.05, 0.1) is 12.9 Å². The number of nitrogens with one attached hydrogen (secondary N) is 1. The van der Waals surface area contributed by atoms with Crippen molar-refractivity contribution < 1.29 is 9.15 Å². The van der Waals surface area contributed by atoms with E-state index in [9.17, 15) is 0 Å². The van der Waals surface area contributed by atoms with Crippen molar-refractivity contribution in [3.8, 4) is 5.75 Å². The SMILES string of the molecule is CNC(CCc1ccc2c(c1)CCO2)c1ccoc1Cl. The van der Waals surface area contributed by atoms with Crippen LogP contribution in [0.5, 0.6) is 5.75 Å². The smallest absolute Gasteiger partial charge is 0.197 e. The Morgan fingerprint density at radius 1 is 1.35 bits per heavy atom. The van der Waals surface area contributed by atoms with Gasteiger partial charge in [-0.3, -0.25) is 0 Å². The molecule has 20 heavy (non-hydrogen) atoms. The zero-order valence-electron chi connectivity index (χ0n) is 11.5. The lowest BCUT2D eigenvalue weighted by Crippen LogP contribution is -2.16. The Hall–Kier alpha value is -1.45. The summed E-state index contributed by atoms with van der Waals surface area (Å²) in [4.78, 5) is 0. The fourth-order valence-corrected chi connectivity index (χ4v) is 2.96. The van der Waals surface area contributed by atoms with Gasteiger partial charge in [-0.2, -0.15) is 0 Å². The number of aryl methyl sites for hydroxylation is 1. The summed E-state index contributed by atoms with van der Waals surface area (Å²) in [6, 6.07) is 8.63. The van der Waals surface area contributed by atoms with E-state index >= 15 is 0 Å². The Bertz CT molecular complexity index is 594. The van der Waals surface area contributed by atoms with Crippen LogP contribution in [0.1, 0.15) is 29.2 Å². The minimum Gasteiger partial charge on any atom is -0.493 e. The summed E-state index contributed by atoms with van der Waals surface area (Å²) in [5, 5.41) is 3.78. The van der Waals surface area contributed by atoms with E-state index in [1.165, 1.54) is 11.1 Å². The second-order valence-electron chi connectivity index (χ2n) is 5.07. The summed E-state index contributed by atoms with van der Waals surface area (Å²) >= 11 is 6.05. The lowest BCUT2D eigenvalue weighted by molar-refractivity contribution is 0.357. The molecule has 106 valence electrons. The highest BCUT2D eigenvalue weighted by molar-refractivity contribution is 6.29. The molecule has 0 spiro atoms. The predicted octanol–water partition coefficient (Wildman–Crippen LogP) is 3.76. The summed E-state index contributed by atoms with van der Waals surface area (Å²) in [6.45, 7) is 0.808. The maximum absolute atomic E-state index is 6.05. The van der Waals surface area contributed by atoms with Crippen molar-refractivity contribution in [3.05, 3.63) is 52.4 Å². The first kappa shape index (κ1) is 13.5. The first-order valence-corrected chi connectivity index (χ1v) is 7.30. The van der Waals surface area contributed by atoms with Crippen LogP contribution < -0.4 is 10.1 Å². The van der Waals surface area contributed by atoms with Gasteiger partial charge >= 0.3 is 0 Å². The van der Waals surface area contributed by atoms with Gasteiger partial charge in [0.25, 0.3) is 0 Å². The van der Waals surface area contributed by atoms with Gasteiger partial charge in [0.15, 0.2) is 5.22 Å². The predicted molar refractivity (Wildman–Crippen MR) is 79.5 cm³/mol. The third-order valence-electron chi connectivity index (χ3n) is 3.85. The van der Waals surface area contributed by atoms with Gasteiger partial charge in [-0.15, -0.1) is 0 Å². The van der Waals surface area contributed by atoms with Crippen molar-refractivity contribution in [2.24, 2.45) is 0 Å². The lowest BCUT2D eigenvalue weighted by atomic mass is 9.99. The maximum atomic E-state index is 6.05. The van der Waals surface area contributed by atoms with E-state index in [1.807, 2.05) is 13.1 Å². The van der Waals surface area contributed by atoms with Crippen LogP contribution in [0.25, 0.3) is 0 Å². The maximum Gasteiger partial charge on any atom is 0.197 e. The molecule has 0 aliphatic carbocycles. The van der Waals surface area contributed by atoms with E-state index in [2.05, 4.69) is 23.5 Å². The number of furan rings is 1. The quantitative estimate of drug-likeness (QED) is 0.911. The molecule has 4 heteroatoms. The summed E-state index contributed by atoms with van der Waals surface area (Å²) in [5.74, 6) is 1.04. The average molecular weight is 292 g/mol. The number of hydrogen-bond acceptors (Lipinski definition) is 3. The summed E-state index contributed by atoms with van der Waals surface area (Å²) < 4.78 is 10.7. The molecule has 0 saturated heterocycles. The molecule has 1 atom stereocenters.